The predicted molar refractivity (Wildman–Crippen MR) is 113 cm³/mol. The summed E-state index contributed by atoms with van der Waals surface area (Å²) >= 11 is 5.32. The van der Waals surface area contributed by atoms with Crippen LogP contribution in [0.15, 0.2) is 42.5 Å². The van der Waals surface area contributed by atoms with Gasteiger partial charge < -0.3 is 14.4 Å². The van der Waals surface area contributed by atoms with Crippen LogP contribution in [0.1, 0.15) is 12.0 Å². The molecule has 0 fully saturated rings. The van der Waals surface area contributed by atoms with Crippen LogP contribution in [0.5, 0.6) is 11.5 Å². The van der Waals surface area contributed by atoms with E-state index in [9.17, 15) is 9.18 Å². The van der Waals surface area contributed by atoms with Gasteiger partial charge in [-0.25, -0.2) is 4.39 Å². The number of H-pyrrole nitrogens is 1. The number of carbonyl (C=O) groups is 1. The number of carbonyl (C=O) groups excluding carboxylic acids is 1. The fraction of sp³-hybridized carbons (Fsp3) is 0.286. The summed E-state index contributed by atoms with van der Waals surface area (Å²) in [4.78, 5) is 14.2. The molecule has 0 atom stereocenters. The molecular formula is C21H23FN4O3S. The molecular weight excluding hydrogens is 407 g/mol. The molecule has 7 nitrogen and oxygen atoms in total. The van der Waals surface area contributed by atoms with Crippen molar-refractivity contribution in [1.29, 1.82) is 0 Å². The third-order valence-corrected chi connectivity index (χ3v) is 5.03. The summed E-state index contributed by atoms with van der Waals surface area (Å²) in [6.45, 7) is 0.665. The van der Waals surface area contributed by atoms with E-state index in [2.05, 4.69) is 10.2 Å². The van der Waals surface area contributed by atoms with Crippen LogP contribution in [0.2, 0.25) is 0 Å². The SMILES string of the molecule is COc1ccc(-c2n[nH]c(=S)n2CCC(=O)N(C)Cc2ccc(OC)c(F)c2)cc1. The summed E-state index contributed by atoms with van der Waals surface area (Å²) in [5, 5.41) is 7.06. The highest BCUT2D eigenvalue weighted by molar-refractivity contribution is 7.71. The lowest BCUT2D eigenvalue weighted by Crippen LogP contribution is -2.27. The van der Waals surface area contributed by atoms with Crippen molar-refractivity contribution in [1.82, 2.24) is 19.7 Å². The molecule has 0 spiro atoms. The number of hydrogen-bond acceptors (Lipinski definition) is 5. The number of hydrogen-bond donors (Lipinski definition) is 1. The molecule has 0 aliphatic heterocycles. The van der Waals surface area contributed by atoms with Crippen LogP contribution in [0.4, 0.5) is 4.39 Å². The van der Waals surface area contributed by atoms with Gasteiger partial charge in [-0.3, -0.25) is 14.5 Å². The van der Waals surface area contributed by atoms with Gasteiger partial charge in [-0.15, -0.1) is 0 Å². The third kappa shape index (κ3) is 4.85. The molecule has 2 aromatic carbocycles. The first kappa shape index (κ1) is 21.5. The Bertz CT molecular complexity index is 1080. The van der Waals surface area contributed by atoms with E-state index in [1.807, 2.05) is 24.3 Å². The first-order valence-electron chi connectivity index (χ1n) is 9.29. The van der Waals surface area contributed by atoms with Crippen LogP contribution >= 0.6 is 12.2 Å². The van der Waals surface area contributed by atoms with E-state index in [1.165, 1.54) is 13.2 Å². The first-order valence-corrected chi connectivity index (χ1v) is 9.69. The van der Waals surface area contributed by atoms with E-state index in [0.717, 1.165) is 11.3 Å². The maximum atomic E-state index is 13.9. The highest BCUT2D eigenvalue weighted by Crippen LogP contribution is 2.22. The molecule has 9 heteroatoms. The number of halogens is 1. The van der Waals surface area contributed by atoms with E-state index in [-0.39, 0.29) is 18.1 Å². The Morgan fingerprint density at radius 1 is 1.20 bits per heavy atom. The van der Waals surface area contributed by atoms with Crippen molar-refractivity contribution in [3.63, 3.8) is 0 Å². The monoisotopic (exact) mass is 430 g/mol. The zero-order valence-corrected chi connectivity index (χ0v) is 17.8. The molecule has 3 aromatic rings. The molecule has 1 aromatic heterocycles. The molecule has 1 N–H and O–H groups in total. The van der Waals surface area contributed by atoms with Gasteiger partial charge >= 0.3 is 0 Å². The fourth-order valence-electron chi connectivity index (χ4n) is 3.05. The lowest BCUT2D eigenvalue weighted by Gasteiger charge is -2.18. The molecule has 0 bridgehead atoms. The van der Waals surface area contributed by atoms with Crippen LogP contribution in [0.25, 0.3) is 11.4 Å². The van der Waals surface area contributed by atoms with Gasteiger partial charge in [0.1, 0.15) is 5.75 Å². The third-order valence-electron chi connectivity index (χ3n) is 4.72. The molecule has 0 saturated carbocycles. The second kappa shape index (κ2) is 9.53. The van der Waals surface area contributed by atoms with Gasteiger partial charge in [0.15, 0.2) is 22.2 Å². The van der Waals surface area contributed by atoms with Gasteiger partial charge in [0.2, 0.25) is 5.91 Å². The highest BCUT2D eigenvalue weighted by atomic mass is 32.1. The van der Waals surface area contributed by atoms with Crippen molar-refractivity contribution >= 4 is 18.1 Å². The van der Waals surface area contributed by atoms with Crippen molar-refractivity contribution in [2.24, 2.45) is 0 Å². The summed E-state index contributed by atoms with van der Waals surface area (Å²) in [7, 11) is 4.70. The highest BCUT2D eigenvalue weighted by Gasteiger charge is 2.14. The summed E-state index contributed by atoms with van der Waals surface area (Å²) in [6, 6.07) is 12.1. The van der Waals surface area contributed by atoms with Gasteiger partial charge in [0.25, 0.3) is 0 Å². The van der Waals surface area contributed by atoms with Crippen LogP contribution in [-0.2, 0) is 17.9 Å². The second-order valence-corrected chi connectivity index (χ2v) is 7.09. The van der Waals surface area contributed by atoms with Gasteiger partial charge in [0.05, 0.1) is 14.2 Å². The Morgan fingerprint density at radius 2 is 1.93 bits per heavy atom. The molecule has 3 rings (SSSR count). The van der Waals surface area contributed by atoms with Crippen molar-refractivity contribution in [3.05, 3.63) is 58.6 Å². The number of nitrogens with zero attached hydrogens (tertiary/aromatic N) is 3. The fourth-order valence-corrected chi connectivity index (χ4v) is 3.28. The quantitative estimate of drug-likeness (QED) is 0.550. The number of rotatable bonds is 8. The Kier molecular flexibility index (Phi) is 6.83. The maximum Gasteiger partial charge on any atom is 0.224 e. The van der Waals surface area contributed by atoms with Crippen LogP contribution in [0, 0.1) is 10.6 Å². The molecule has 0 saturated heterocycles. The van der Waals surface area contributed by atoms with Gasteiger partial charge in [-0.05, 0) is 54.2 Å². The number of aromatic amines is 1. The Balaban J connectivity index is 1.66. The Labute approximate surface area is 179 Å². The maximum absolute atomic E-state index is 13.9. The molecule has 0 unspecified atom stereocenters. The van der Waals surface area contributed by atoms with Gasteiger partial charge in [0, 0.05) is 32.1 Å². The number of amides is 1. The van der Waals surface area contributed by atoms with Gasteiger partial charge in [-0.2, -0.15) is 5.10 Å². The van der Waals surface area contributed by atoms with Crippen molar-refractivity contribution in [2.45, 2.75) is 19.5 Å². The molecule has 0 aliphatic carbocycles. The van der Waals surface area contributed by atoms with Crippen LogP contribution in [0.3, 0.4) is 0 Å². The lowest BCUT2D eigenvalue weighted by molar-refractivity contribution is -0.130. The zero-order chi connectivity index (χ0) is 21.7. The number of aromatic nitrogens is 3. The van der Waals surface area contributed by atoms with Crippen molar-refractivity contribution < 1.29 is 18.7 Å². The number of nitrogens with one attached hydrogen (secondary N) is 1. The topological polar surface area (TPSA) is 72.4 Å². The standard InChI is InChI=1S/C21H23FN4O3S/c1-25(13-14-4-9-18(29-3)17(22)12-14)19(27)10-11-26-20(23-24-21(26)30)15-5-7-16(28-2)8-6-15/h4-9,12H,10-11,13H2,1-3H3,(H,24,30). The van der Waals surface area contributed by atoms with Crippen LogP contribution in [-0.4, -0.2) is 46.8 Å². The normalized spacial score (nSPS) is 10.7. The summed E-state index contributed by atoms with van der Waals surface area (Å²) < 4.78 is 26.2. The summed E-state index contributed by atoms with van der Waals surface area (Å²) in [6.07, 6.45) is 0.228. The van der Waals surface area contributed by atoms with E-state index < -0.39 is 5.82 Å². The molecule has 0 aliphatic rings. The minimum absolute atomic E-state index is 0.0880. The van der Waals surface area contributed by atoms with Crippen LogP contribution < -0.4 is 9.47 Å². The number of methoxy groups -OCH3 is 2. The number of benzene rings is 2. The van der Waals surface area contributed by atoms with E-state index in [0.29, 0.717) is 29.2 Å². The molecule has 1 heterocycles. The predicted octanol–water partition coefficient (Wildman–Crippen LogP) is 3.81. The van der Waals surface area contributed by atoms with Gasteiger partial charge in [-0.1, -0.05) is 6.07 Å². The molecule has 158 valence electrons. The Hall–Kier alpha value is -3.20. The van der Waals surface area contributed by atoms with Crippen molar-refractivity contribution in [3.8, 4) is 22.9 Å². The molecule has 1 amide bonds. The minimum Gasteiger partial charge on any atom is -0.497 e. The lowest BCUT2D eigenvalue weighted by atomic mass is 10.2. The average Bonchev–Trinajstić information content (AvgIpc) is 3.12. The van der Waals surface area contributed by atoms with E-state index in [4.69, 9.17) is 21.7 Å². The first-order chi connectivity index (χ1) is 14.4. The second-order valence-electron chi connectivity index (χ2n) is 6.70. The summed E-state index contributed by atoms with van der Waals surface area (Å²) in [5.74, 6) is 1.02. The Morgan fingerprint density at radius 3 is 2.57 bits per heavy atom. The molecule has 30 heavy (non-hydrogen) atoms. The minimum atomic E-state index is -0.454. The van der Waals surface area contributed by atoms with E-state index in [1.54, 1.807) is 35.8 Å². The van der Waals surface area contributed by atoms with Crippen molar-refractivity contribution in [2.75, 3.05) is 21.3 Å². The molecule has 0 radical (unpaired) electrons. The largest absolute Gasteiger partial charge is 0.497 e. The number of ether oxygens (including phenoxy) is 2. The average molecular weight is 431 g/mol. The van der Waals surface area contributed by atoms with E-state index >= 15 is 0 Å². The smallest absolute Gasteiger partial charge is 0.224 e. The zero-order valence-electron chi connectivity index (χ0n) is 17.0. The summed E-state index contributed by atoms with van der Waals surface area (Å²) in [5.41, 5.74) is 1.54.